The van der Waals surface area contributed by atoms with E-state index in [1.54, 1.807) is 11.8 Å². The van der Waals surface area contributed by atoms with Crippen molar-refractivity contribution in [2.24, 2.45) is 15.6 Å². The first-order chi connectivity index (χ1) is 15.1. The van der Waals surface area contributed by atoms with Crippen LogP contribution in [0.4, 0.5) is 0 Å². The molecule has 0 spiro atoms. The van der Waals surface area contributed by atoms with Gasteiger partial charge in [-0.25, -0.2) is 4.68 Å². The third kappa shape index (κ3) is 5.52. The highest BCUT2D eigenvalue weighted by Gasteiger charge is 2.49. The van der Waals surface area contributed by atoms with Crippen LogP contribution < -0.4 is 5.32 Å². The molecular formula is C21H31N7O2S. The van der Waals surface area contributed by atoms with E-state index in [0.717, 1.165) is 25.0 Å². The van der Waals surface area contributed by atoms with Gasteiger partial charge in [-0.15, -0.1) is 17.4 Å². The molecule has 2 unspecified atom stereocenters. The molecule has 0 saturated heterocycles. The molecule has 1 aliphatic heterocycles. The summed E-state index contributed by atoms with van der Waals surface area (Å²) in [7, 11) is 1.44. The molecule has 2 atom stereocenters. The zero-order chi connectivity index (χ0) is 22.2. The number of carbonyl (C=O) groups is 1. The van der Waals surface area contributed by atoms with Gasteiger partial charge < -0.3 is 10.1 Å². The standard InChI is InChI=1S/C21H31N7O2S/c1-4-5-12-21(24-25-21)13-14-22-17(18-23-26-27-28(18)15-9-16-31-3)20(19(29)30-2)10-7-6-8-11-20/h1,6-7,17,22H,5,8-16H2,2-3H3. The number of nitrogens with zero attached hydrogens (tertiary/aromatic N) is 6. The lowest BCUT2D eigenvalue weighted by Gasteiger charge is -2.39. The number of aromatic nitrogens is 4. The highest BCUT2D eigenvalue weighted by atomic mass is 32.2. The lowest BCUT2D eigenvalue weighted by atomic mass is 9.70. The lowest BCUT2D eigenvalue weighted by molar-refractivity contribution is -0.156. The molecule has 0 bridgehead atoms. The van der Waals surface area contributed by atoms with Gasteiger partial charge >= 0.3 is 5.97 Å². The fraction of sp³-hybridized carbons (Fsp3) is 0.714. The van der Waals surface area contributed by atoms with Gasteiger partial charge in [-0.2, -0.15) is 22.0 Å². The molecule has 31 heavy (non-hydrogen) atoms. The number of ether oxygens (including phenoxy) is 1. The quantitative estimate of drug-likeness (QED) is 0.215. The van der Waals surface area contributed by atoms with Crippen molar-refractivity contribution in [3.8, 4) is 12.3 Å². The molecule has 2 aliphatic rings. The monoisotopic (exact) mass is 445 g/mol. The molecule has 1 N–H and O–H groups in total. The van der Waals surface area contributed by atoms with Crippen molar-refractivity contribution in [2.45, 2.75) is 63.2 Å². The Kier molecular flexibility index (Phi) is 8.21. The Labute approximate surface area is 187 Å². The predicted molar refractivity (Wildman–Crippen MR) is 119 cm³/mol. The van der Waals surface area contributed by atoms with Crippen molar-refractivity contribution in [1.82, 2.24) is 25.5 Å². The normalized spacial score (nSPS) is 22.1. The van der Waals surface area contributed by atoms with E-state index in [1.165, 1.54) is 7.11 Å². The molecule has 2 heterocycles. The Balaban J connectivity index is 1.82. The van der Waals surface area contributed by atoms with Gasteiger partial charge in [0.25, 0.3) is 0 Å². The molecule has 9 nitrogen and oxygen atoms in total. The first-order valence-corrected chi connectivity index (χ1v) is 12.1. The summed E-state index contributed by atoms with van der Waals surface area (Å²) in [6, 6.07) is -0.377. The highest BCUT2D eigenvalue weighted by Crippen LogP contribution is 2.45. The third-order valence-electron chi connectivity index (χ3n) is 6.01. The number of carbonyl (C=O) groups excluding carboxylic acids is 1. The van der Waals surface area contributed by atoms with Crippen LogP contribution in [0.15, 0.2) is 22.4 Å². The fourth-order valence-electron chi connectivity index (χ4n) is 4.18. The number of esters is 1. The van der Waals surface area contributed by atoms with Crippen LogP contribution in [-0.4, -0.2) is 57.5 Å². The minimum atomic E-state index is -0.765. The number of methoxy groups -OCH3 is 1. The predicted octanol–water partition coefficient (Wildman–Crippen LogP) is 2.92. The molecular weight excluding hydrogens is 414 g/mol. The summed E-state index contributed by atoms with van der Waals surface area (Å²) in [6.07, 6.45) is 16.7. The van der Waals surface area contributed by atoms with E-state index in [4.69, 9.17) is 11.2 Å². The molecule has 0 aromatic carbocycles. The van der Waals surface area contributed by atoms with E-state index in [1.807, 2.05) is 4.68 Å². The van der Waals surface area contributed by atoms with Crippen LogP contribution in [0.25, 0.3) is 0 Å². The average molecular weight is 446 g/mol. The molecule has 0 fully saturated rings. The summed E-state index contributed by atoms with van der Waals surface area (Å²) < 4.78 is 7.09. The van der Waals surface area contributed by atoms with Gasteiger partial charge in [0.1, 0.15) is 0 Å². The largest absolute Gasteiger partial charge is 0.469 e. The second-order valence-electron chi connectivity index (χ2n) is 7.99. The number of rotatable bonds is 13. The van der Waals surface area contributed by atoms with E-state index in [2.05, 4.69) is 55.4 Å². The number of nitrogens with one attached hydrogen (secondary N) is 1. The number of terminal acetylenes is 1. The first-order valence-electron chi connectivity index (χ1n) is 10.7. The summed E-state index contributed by atoms with van der Waals surface area (Å²) >= 11 is 1.79. The molecule has 0 amide bonds. The Morgan fingerprint density at radius 3 is 2.90 bits per heavy atom. The van der Waals surface area contributed by atoms with Crippen LogP contribution in [0.2, 0.25) is 0 Å². The van der Waals surface area contributed by atoms with Crippen molar-refractivity contribution >= 4 is 17.7 Å². The first kappa shape index (κ1) is 23.4. The summed E-state index contributed by atoms with van der Waals surface area (Å²) in [6.45, 7) is 1.31. The summed E-state index contributed by atoms with van der Waals surface area (Å²) in [4.78, 5) is 13.1. The van der Waals surface area contributed by atoms with Crippen LogP contribution in [-0.2, 0) is 16.1 Å². The second-order valence-corrected chi connectivity index (χ2v) is 8.98. The minimum Gasteiger partial charge on any atom is -0.469 e. The Hall–Kier alpha value is -2.25. The van der Waals surface area contributed by atoms with Crippen LogP contribution in [0, 0.1) is 17.8 Å². The van der Waals surface area contributed by atoms with Crippen molar-refractivity contribution in [3.05, 3.63) is 18.0 Å². The molecule has 0 saturated carbocycles. The molecule has 1 aromatic rings. The fourth-order valence-corrected chi connectivity index (χ4v) is 4.60. The molecule has 0 radical (unpaired) electrons. The van der Waals surface area contributed by atoms with E-state index in [9.17, 15) is 4.79 Å². The maximum absolute atomic E-state index is 13.1. The Morgan fingerprint density at radius 2 is 2.26 bits per heavy atom. The number of allylic oxidation sites excluding steroid dienone is 2. The van der Waals surface area contributed by atoms with Crippen molar-refractivity contribution in [3.63, 3.8) is 0 Å². The maximum Gasteiger partial charge on any atom is 0.314 e. The smallest absolute Gasteiger partial charge is 0.314 e. The van der Waals surface area contributed by atoms with Crippen LogP contribution in [0.5, 0.6) is 0 Å². The summed E-state index contributed by atoms with van der Waals surface area (Å²) in [5.74, 6) is 4.10. The highest BCUT2D eigenvalue weighted by molar-refractivity contribution is 7.98. The van der Waals surface area contributed by atoms with E-state index >= 15 is 0 Å². The van der Waals surface area contributed by atoms with Gasteiger partial charge in [0.05, 0.1) is 18.6 Å². The Bertz CT molecular complexity index is 841. The lowest BCUT2D eigenvalue weighted by Crippen LogP contribution is -2.47. The molecule has 1 aliphatic carbocycles. The summed E-state index contributed by atoms with van der Waals surface area (Å²) in [5, 5.41) is 24.5. The summed E-state index contributed by atoms with van der Waals surface area (Å²) in [5.41, 5.74) is -1.15. The van der Waals surface area contributed by atoms with Crippen molar-refractivity contribution in [2.75, 3.05) is 25.7 Å². The van der Waals surface area contributed by atoms with Crippen molar-refractivity contribution in [1.29, 1.82) is 0 Å². The van der Waals surface area contributed by atoms with Gasteiger partial charge in [0.15, 0.2) is 11.5 Å². The zero-order valence-electron chi connectivity index (χ0n) is 18.3. The zero-order valence-corrected chi connectivity index (χ0v) is 19.1. The van der Waals surface area contributed by atoms with E-state index in [0.29, 0.717) is 44.6 Å². The van der Waals surface area contributed by atoms with Gasteiger partial charge in [-0.05, 0) is 48.1 Å². The Morgan fingerprint density at radius 1 is 1.42 bits per heavy atom. The minimum absolute atomic E-state index is 0.240. The maximum atomic E-state index is 13.1. The molecule has 10 heteroatoms. The third-order valence-corrected chi connectivity index (χ3v) is 6.71. The number of tetrazole rings is 1. The topological polar surface area (TPSA) is 107 Å². The van der Waals surface area contributed by atoms with Crippen LogP contribution in [0.3, 0.4) is 0 Å². The van der Waals surface area contributed by atoms with Gasteiger partial charge in [-0.1, -0.05) is 12.2 Å². The van der Waals surface area contributed by atoms with Gasteiger partial charge in [-0.3, -0.25) is 4.79 Å². The van der Waals surface area contributed by atoms with Gasteiger partial charge in [0, 0.05) is 32.4 Å². The second kappa shape index (κ2) is 10.9. The van der Waals surface area contributed by atoms with Gasteiger partial charge in [0.2, 0.25) is 0 Å². The number of hydrogen-bond acceptors (Lipinski definition) is 9. The SMILES string of the molecule is C#CCCC1(CCNC(c2nnnn2CCCSC)C2(C(=O)OC)CC=CCC2)N=N1. The number of hydrogen-bond donors (Lipinski definition) is 1. The average Bonchev–Trinajstić information content (AvgIpc) is 3.43. The number of aryl methyl sites for hydroxylation is 1. The molecule has 1 aromatic heterocycles. The van der Waals surface area contributed by atoms with Crippen molar-refractivity contribution < 1.29 is 9.53 Å². The van der Waals surface area contributed by atoms with E-state index < -0.39 is 5.41 Å². The van der Waals surface area contributed by atoms with Crippen LogP contribution in [0.1, 0.15) is 56.8 Å². The van der Waals surface area contributed by atoms with E-state index in [-0.39, 0.29) is 17.7 Å². The number of thioether (sulfide) groups is 1. The molecule has 168 valence electrons. The molecule has 3 rings (SSSR count). The van der Waals surface area contributed by atoms with Crippen LogP contribution >= 0.6 is 11.8 Å².